The van der Waals surface area contributed by atoms with E-state index in [1.807, 2.05) is 189 Å². The Kier molecular flexibility index (Phi) is 24.2. The van der Waals surface area contributed by atoms with Crippen LogP contribution in [0.15, 0.2) is 166 Å². The number of aromatic nitrogens is 19. The number of likely N-dealkylation sites (N-methyl/N-ethyl adjacent to an activating group) is 3. The Morgan fingerprint density at radius 1 is 0.417 bits per heavy atom. The number of nitrogens with zero attached hydrogens (tertiary/aromatic N) is 23. The Balaban J connectivity index is 0.000000125. The number of piperidine rings is 1. The maximum atomic E-state index is 12.9. The highest BCUT2D eigenvalue weighted by Gasteiger charge is 2.26. The monoisotopic (exact) mass is 1620 g/mol. The largest absolute Gasteiger partial charge is 0.492 e. The van der Waals surface area contributed by atoms with Crippen LogP contribution in [0, 0.1) is 47.5 Å². The fourth-order valence-corrected chi connectivity index (χ4v) is 15.2. The Labute approximate surface area is 692 Å². The minimum atomic E-state index is -0.176. The van der Waals surface area contributed by atoms with Gasteiger partial charge in [0.15, 0.2) is 0 Å². The summed E-state index contributed by atoms with van der Waals surface area (Å²) in [6, 6.07) is 27.8. The molecule has 16 aromatic heterocycles. The number of hydrogen-bond donors (Lipinski definition) is 1. The van der Waals surface area contributed by atoms with E-state index in [0.29, 0.717) is 111 Å². The summed E-state index contributed by atoms with van der Waals surface area (Å²) < 4.78 is 31.1. The normalized spacial score (nSPS) is 13.8. The van der Waals surface area contributed by atoms with Crippen LogP contribution < -0.4 is 46.7 Å². The molecule has 0 bridgehead atoms. The van der Waals surface area contributed by atoms with Crippen molar-refractivity contribution in [3.8, 4) is 62.7 Å². The van der Waals surface area contributed by atoms with Gasteiger partial charge in [-0.3, -0.25) is 51.7 Å². The van der Waals surface area contributed by atoms with Crippen LogP contribution in [0.5, 0.6) is 17.2 Å². The Morgan fingerprint density at radius 2 is 0.858 bits per heavy atom. The van der Waals surface area contributed by atoms with Crippen molar-refractivity contribution in [2.24, 2.45) is 5.92 Å². The first-order chi connectivity index (χ1) is 57.8. The lowest BCUT2D eigenvalue weighted by Gasteiger charge is -2.22. The van der Waals surface area contributed by atoms with E-state index < -0.39 is 0 Å². The molecule has 1 atom stereocenters. The molecule has 620 valence electrons. The molecule has 2 fully saturated rings. The summed E-state index contributed by atoms with van der Waals surface area (Å²) in [5.41, 5.74) is 20.3. The van der Waals surface area contributed by atoms with E-state index in [1.165, 1.54) is 31.4 Å². The maximum absolute atomic E-state index is 12.9. The number of ether oxygens (including phenoxy) is 3. The van der Waals surface area contributed by atoms with E-state index in [0.717, 1.165) is 162 Å². The van der Waals surface area contributed by atoms with Crippen LogP contribution in [-0.4, -0.2) is 213 Å². The molecule has 16 aromatic rings. The van der Waals surface area contributed by atoms with Crippen LogP contribution >= 0.6 is 0 Å². The predicted octanol–water partition coefficient (Wildman–Crippen LogP) is 10.2. The lowest BCUT2D eigenvalue weighted by atomic mass is 9.99. The van der Waals surface area contributed by atoms with Crippen LogP contribution in [0.4, 0.5) is 5.69 Å². The van der Waals surface area contributed by atoms with Crippen molar-refractivity contribution in [2.75, 3.05) is 106 Å². The second kappa shape index (κ2) is 35.3. The molecular weight excluding hydrogens is 1520 g/mol. The summed E-state index contributed by atoms with van der Waals surface area (Å²) in [5.74, 6) is 2.53. The molecule has 2 saturated heterocycles. The summed E-state index contributed by atoms with van der Waals surface area (Å²) in [5, 5.41) is 17.2. The zero-order valence-corrected chi connectivity index (χ0v) is 70.8. The Bertz CT molecular complexity index is 6760. The van der Waals surface area contributed by atoms with Gasteiger partial charge in [0, 0.05) is 80.6 Å². The van der Waals surface area contributed by atoms with Crippen LogP contribution in [0.25, 0.3) is 90.2 Å². The van der Waals surface area contributed by atoms with Gasteiger partial charge in [0.2, 0.25) is 0 Å². The third-order valence-corrected chi connectivity index (χ3v) is 21.5. The molecule has 0 unspecified atom stereocenters. The van der Waals surface area contributed by atoms with Gasteiger partial charge in [-0.1, -0.05) is 20.8 Å². The molecule has 31 heteroatoms. The van der Waals surface area contributed by atoms with Crippen molar-refractivity contribution >= 4 is 50.5 Å². The van der Waals surface area contributed by atoms with Gasteiger partial charge >= 0.3 is 0 Å². The lowest BCUT2D eigenvalue weighted by Crippen LogP contribution is -2.31. The van der Waals surface area contributed by atoms with E-state index in [9.17, 15) is 19.2 Å². The molecule has 0 amide bonds. The molecule has 18 rings (SSSR count). The summed E-state index contributed by atoms with van der Waals surface area (Å²) in [6.07, 6.45) is 22.4. The summed E-state index contributed by atoms with van der Waals surface area (Å²) in [6.45, 7) is 25.4. The summed E-state index contributed by atoms with van der Waals surface area (Å²) in [4.78, 5) is 97.2. The number of fused-ring (bicyclic) bond motifs is 8. The highest BCUT2D eigenvalue weighted by Crippen LogP contribution is 2.29. The van der Waals surface area contributed by atoms with Crippen LogP contribution in [0.3, 0.4) is 0 Å². The molecule has 18 heterocycles. The molecule has 120 heavy (non-hydrogen) atoms. The first-order valence-corrected chi connectivity index (χ1v) is 40.8. The smallest absolute Gasteiger partial charge is 0.258 e. The zero-order valence-electron chi connectivity index (χ0n) is 70.8. The van der Waals surface area contributed by atoms with Gasteiger partial charge in [-0.05, 0) is 219 Å². The van der Waals surface area contributed by atoms with E-state index in [2.05, 4.69) is 101 Å². The molecule has 1 N–H and O–H groups in total. The highest BCUT2D eigenvalue weighted by atomic mass is 16.5. The van der Waals surface area contributed by atoms with Crippen molar-refractivity contribution in [2.45, 2.75) is 107 Å². The topological polar surface area (TPSA) is 298 Å². The number of anilines is 1. The van der Waals surface area contributed by atoms with Crippen LogP contribution in [0.2, 0.25) is 0 Å². The number of hydrogen-bond acceptors (Lipinski definition) is 23. The van der Waals surface area contributed by atoms with E-state index in [1.54, 1.807) is 35.1 Å². The third kappa shape index (κ3) is 18.2. The molecule has 0 radical (unpaired) electrons. The van der Waals surface area contributed by atoms with Crippen LogP contribution in [0.1, 0.15) is 91.0 Å². The average Bonchev–Trinajstić information content (AvgIpc) is 1.47. The van der Waals surface area contributed by atoms with Gasteiger partial charge in [0.05, 0.1) is 129 Å². The third-order valence-electron chi connectivity index (χ3n) is 21.5. The van der Waals surface area contributed by atoms with Crippen molar-refractivity contribution in [3.05, 3.63) is 239 Å². The second-order valence-electron chi connectivity index (χ2n) is 31.6. The van der Waals surface area contributed by atoms with Gasteiger partial charge in [0.25, 0.3) is 22.2 Å². The first kappa shape index (κ1) is 82.1. The summed E-state index contributed by atoms with van der Waals surface area (Å²) in [7, 11) is 12.2. The molecule has 2 aliphatic heterocycles. The molecule has 0 aromatic carbocycles. The minimum absolute atomic E-state index is 0.0697. The summed E-state index contributed by atoms with van der Waals surface area (Å²) >= 11 is 0. The van der Waals surface area contributed by atoms with Gasteiger partial charge in [-0.15, -0.1) is 0 Å². The van der Waals surface area contributed by atoms with Crippen molar-refractivity contribution < 1.29 is 14.2 Å². The number of imidazole rings is 1. The SMILES string of the molecule is CCc1nc(C)cn2nc(-c3cc(=O)n4cc(OCC5CCNCC5)ccc4n3)cc12.CCc1nc(C)cn2nc(-c3cc(=O)n4cc(OCCN(C)C)cc(C)c4n3)cc12.CCc1nc(C)cn2nc(-c3cc(=O)n4cc(OCCN(C)C)ccc4n3)cc12.Cc1cn2cc(-c3cc(=O)n4cc(N5CC[C@H](N(C)C)C5)ccc4n3)cc(C)c2n1. The predicted molar refractivity (Wildman–Crippen MR) is 466 cm³/mol. The maximum Gasteiger partial charge on any atom is 0.258 e. The quantitative estimate of drug-likeness (QED) is 0.0741. The van der Waals surface area contributed by atoms with E-state index in [4.69, 9.17) is 24.2 Å². The standard InChI is InChI=1S/C23H26N6O2.C23H26N6O.C22H26N6O2.C21H24N6O2/c1-3-18-21-10-20(27-29(21)12-15(2)25-18)19-11-23(30)28-13-17(4-5-22(28)26-19)31-14-16-6-8-24-9-7-16;1-15-9-17(12-28-11-16(2)24-23(15)28)20-10-22(30)29-14-19(5-6-21(29)25-20)27-8-7-18(13-27)26(3)4;1-6-17-20-10-19(25-28(20)12-15(3)23-17)18-11-21(29)27-13-16(30-8-7-26(4)5)9-14(2)22(27)24-18;1-5-16-19-10-18(24-27(19)12-14(2)22-16)17-11-21(28)26-13-15(6-7-20(26)23-17)29-9-8-25(3)4/h4-5,10-13,16,24H,3,6-9,14H2,1-2H3;5-6,9-12,14,18H,7-8,13H2,1-4H3;9-13H,6-8H2,1-5H3;6-7,10-13H,5,8-9H2,1-4H3/t;18-;;/m.0../s1. The average molecular weight is 1620 g/mol. The van der Waals surface area contributed by atoms with Crippen LogP contribution in [-0.2, 0) is 19.3 Å². The minimum Gasteiger partial charge on any atom is -0.492 e. The fraction of sp³-hybridized carbons (Fsp3) is 0.360. The number of rotatable bonds is 20. The second-order valence-corrected chi connectivity index (χ2v) is 31.6. The van der Waals surface area contributed by atoms with Gasteiger partial charge in [-0.2, -0.15) is 15.3 Å². The first-order valence-electron chi connectivity index (χ1n) is 40.8. The Morgan fingerprint density at radius 3 is 1.36 bits per heavy atom. The molecule has 0 aliphatic carbocycles. The van der Waals surface area contributed by atoms with Gasteiger partial charge in [0.1, 0.15) is 75.8 Å². The molecule has 0 saturated carbocycles. The molecular formula is C89H102N24O7. The van der Waals surface area contributed by atoms with E-state index >= 15 is 0 Å². The number of pyridine rings is 5. The van der Waals surface area contributed by atoms with Crippen molar-refractivity contribution in [3.63, 3.8) is 0 Å². The Hall–Kier alpha value is -13.0. The van der Waals surface area contributed by atoms with Crippen molar-refractivity contribution in [1.29, 1.82) is 0 Å². The van der Waals surface area contributed by atoms with Gasteiger partial charge < -0.3 is 43.5 Å². The molecule has 2 aliphatic rings. The molecule has 31 nitrogen and oxygen atoms in total. The number of aryl methyl sites for hydroxylation is 9. The molecule has 0 spiro atoms. The zero-order chi connectivity index (χ0) is 84.3. The lowest BCUT2D eigenvalue weighted by molar-refractivity contribution is 0.214. The van der Waals surface area contributed by atoms with Gasteiger partial charge in [-0.25, -0.2) is 38.5 Å². The van der Waals surface area contributed by atoms with Crippen molar-refractivity contribution in [1.82, 2.24) is 111 Å². The number of nitrogens with one attached hydrogen (secondary N) is 1. The van der Waals surface area contributed by atoms with E-state index in [-0.39, 0.29) is 22.2 Å². The highest BCUT2D eigenvalue weighted by molar-refractivity contribution is 5.71. The fourth-order valence-electron chi connectivity index (χ4n) is 15.2.